The lowest BCUT2D eigenvalue weighted by atomic mass is 9.91. The number of benzene rings is 1. The van der Waals surface area contributed by atoms with E-state index in [-0.39, 0.29) is 12.5 Å². The molecule has 0 atom stereocenters. The fourth-order valence-electron chi connectivity index (χ4n) is 2.12. The van der Waals surface area contributed by atoms with Crippen molar-refractivity contribution in [2.24, 2.45) is 5.41 Å². The molecule has 1 aliphatic carbocycles. The van der Waals surface area contributed by atoms with Crippen molar-refractivity contribution in [3.05, 3.63) is 29.8 Å². The van der Waals surface area contributed by atoms with Gasteiger partial charge in [-0.05, 0) is 44.4 Å². The molecule has 4 N–H and O–H groups in total. The van der Waals surface area contributed by atoms with Gasteiger partial charge in [0.15, 0.2) is 0 Å². The third kappa shape index (κ3) is 2.61. The molecule has 5 heteroatoms. The number of carbonyl (C=O) groups excluding carboxylic acids is 1. The highest BCUT2D eigenvalue weighted by molar-refractivity contribution is 5.91. The molecule has 1 aromatic rings. The Morgan fingerprint density at radius 3 is 2.30 bits per heavy atom. The predicted molar refractivity (Wildman–Crippen MR) is 76.2 cm³/mol. The van der Waals surface area contributed by atoms with Crippen LogP contribution in [0.4, 0.5) is 5.69 Å². The average molecular weight is 276 g/mol. The van der Waals surface area contributed by atoms with Crippen LogP contribution in [0.5, 0.6) is 0 Å². The summed E-state index contributed by atoms with van der Waals surface area (Å²) < 4.78 is 0. The van der Waals surface area contributed by atoms with Crippen molar-refractivity contribution in [2.75, 3.05) is 12.3 Å². The standard InChI is InChI=1S/C15H20N2O3/c1-14(2,13(19)20)9-17-12(18)15(7-8-15)10-3-5-11(16)6-4-10/h3-6H,7-9,16H2,1-2H3,(H,17,18)(H,19,20). The van der Waals surface area contributed by atoms with Gasteiger partial charge in [0.05, 0.1) is 10.8 Å². The average Bonchev–Trinajstić information content (AvgIpc) is 3.18. The van der Waals surface area contributed by atoms with Gasteiger partial charge in [0.2, 0.25) is 5.91 Å². The molecule has 0 bridgehead atoms. The van der Waals surface area contributed by atoms with Gasteiger partial charge < -0.3 is 16.2 Å². The van der Waals surface area contributed by atoms with Gasteiger partial charge in [-0.2, -0.15) is 0 Å². The molecule has 0 spiro atoms. The van der Waals surface area contributed by atoms with Gasteiger partial charge in [-0.1, -0.05) is 12.1 Å². The molecule has 0 aliphatic heterocycles. The van der Waals surface area contributed by atoms with Crippen LogP contribution in [0.25, 0.3) is 0 Å². The molecule has 0 saturated heterocycles. The van der Waals surface area contributed by atoms with Crippen molar-refractivity contribution in [1.82, 2.24) is 5.32 Å². The largest absolute Gasteiger partial charge is 0.481 e. The highest BCUT2D eigenvalue weighted by atomic mass is 16.4. The number of nitrogens with two attached hydrogens (primary N) is 1. The lowest BCUT2D eigenvalue weighted by Gasteiger charge is -2.22. The van der Waals surface area contributed by atoms with Gasteiger partial charge in [-0.25, -0.2) is 0 Å². The summed E-state index contributed by atoms with van der Waals surface area (Å²) in [7, 11) is 0. The highest BCUT2D eigenvalue weighted by Crippen LogP contribution is 2.48. The van der Waals surface area contributed by atoms with Crippen LogP contribution < -0.4 is 11.1 Å². The zero-order valence-electron chi connectivity index (χ0n) is 11.8. The number of amides is 1. The van der Waals surface area contributed by atoms with Crippen LogP contribution in [0.1, 0.15) is 32.3 Å². The molecule has 1 amide bonds. The maximum absolute atomic E-state index is 12.3. The van der Waals surface area contributed by atoms with Crippen molar-refractivity contribution in [1.29, 1.82) is 0 Å². The Kier molecular flexibility index (Phi) is 3.46. The highest BCUT2D eigenvalue weighted by Gasteiger charge is 2.51. The summed E-state index contributed by atoms with van der Waals surface area (Å²) in [5, 5.41) is 11.8. The molecule has 1 aliphatic rings. The Morgan fingerprint density at radius 1 is 1.30 bits per heavy atom. The Hall–Kier alpha value is -2.04. The fourth-order valence-corrected chi connectivity index (χ4v) is 2.12. The van der Waals surface area contributed by atoms with Crippen LogP contribution in [-0.4, -0.2) is 23.5 Å². The number of carbonyl (C=O) groups is 2. The van der Waals surface area contributed by atoms with E-state index in [1.165, 1.54) is 0 Å². The van der Waals surface area contributed by atoms with Gasteiger partial charge in [0.1, 0.15) is 0 Å². The molecule has 0 unspecified atom stereocenters. The zero-order chi connectivity index (χ0) is 15.0. The third-order valence-electron chi connectivity index (χ3n) is 3.92. The van der Waals surface area contributed by atoms with Gasteiger partial charge in [-0.3, -0.25) is 9.59 Å². The molecular weight excluding hydrogens is 256 g/mol. The second kappa shape index (κ2) is 4.81. The van der Waals surface area contributed by atoms with Crippen LogP contribution in [0.15, 0.2) is 24.3 Å². The van der Waals surface area contributed by atoms with E-state index in [0.29, 0.717) is 5.69 Å². The number of aliphatic carboxylic acids is 1. The molecule has 1 aromatic carbocycles. The number of nitrogens with one attached hydrogen (secondary N) is 1. The monoisotopic (exact) mass is 276 g/mol. The first-order chi connectivity index (χ1) is 9.28. The number of rotatable bonds is 5. The molecule has 2 rings (SSSR count). The van der Waals surface area contributed by atoms with E-state index < -0.39 is 16.8 Å². The number of anilines is 1. The molecule has 1 fully saturated rings. The summed E-state index contributed by atoms with van der Waals surface area (Å²) in [6, 6.07) is 7.29. The molecule has 1 saturated carbocycles. The summed E-state index contributed by atoms with van der Waals surface area (Å²) in [6.45, 7) is 3.31. The summed E-state index contributed by atoms with van der Waals surface area (Å²) in [5.41, 5.74) is 5.79. The van der Waals surface area contributed by atoms with Gasteiger partial charge in [0.25, 0.3) is 0 Å². The summed E-state index contributed by atoms with van der Waals surface area (Å²) in [5.74, 6) is -1.02. The maximum atomic E-state index is 12.3. The normalized spacial score (nSPS) is 16.5. The number of nitrogen functional groups attached to an aromatic ring is 1. The number of hydrogen-bond acceptors (Lipinski definition) is 3. The van der Waals surface area contributed by atoms with E-state index in [0.717, 1.165) is 18.4 Å². The van der Waals surface area contributed by atoms with Crippen LogP contribution in [-0.2, 0) is 15.0 Å². The van der Waals surface area contributed by atoms with Crippen molar-refractivity contribution >= 4 is 17.6 Å². The number of carboxylic acid groups (broad SMARTS) is 1. The minimum absolute atomic E-state index is 0.100. The van der Waals surface area contributed by atoms with E-state index in [2.05, 4.69) is 5.32 Å². The molecule has 0 aromatic heterocycles. The van der Waals surface area contributed by atoms with E-state index in [1.54, 1.807) is 26.0 Å². The molecule has 5 nitrogen and oxygen atoms in total. The first kappa shape index (κ1) is 14.4. The molecule has 108 valence electrons. The SMILES string of the molecule is CC(C)(CNC(=O)C1(c2ccc(N)cc2)CC1)C(=O)O. The Balaban J connectivity index is 2.06. The summed E-state index contributed by atoms with van der Waals surface area (Å²) >= 11 is 0. The Morgan fingerprint density at radius 2 is 1.85 bits per heavy atom. The van der Waals surface area contributed by atoms with E-state index in [9.17, 15) is 9.59 Å². The summed E-state index contributed by atoms with van der Waals surface area (Å²) in [6.07, 6.45) is 1.58. The molecular formula is C15H20N2O3. The van der Waals surface area contributed by atoms with Crippen LogP contribution in [0.3, 0.4) is 0 Å². The van der Waals surface area contributed by atoms with Gasteiger partial charge in [-0.15, -0.1) is 0 Å². The minimum Gasteiger partial charge on any atom is -0.481 e. The van der Waals surface area contributed by atoms with Crippen molar-refractivity contribution < 1.29 is 14.7 Å². The first-order valence-corrected chi connectivity index (χ1v) is 6.66. The minimum atomic E-state index is -0.965. The van der Waals surface area contributed by atoms with E-state index in [1.807, 2.05) is 12.1 Å². The molecule has 0 heterocycles. The second-order valence-electron chi connectivity index (χ2n) is 6.08. The summed E-state index contributed by atoms with van der Waals surface area (Å²) in [4.78, 5) is 23.4. The van der Waals surface area contributed by atoms with Crippen molar-refractivity contribution in [3.63, 3.8) is 0 Å². The predicted octanol–water partition coefficient (Wildman–Crippen LogP) is 1.53. The zero-order valence-corrected chi connectivity index (χ0v) is 11.8. The van der Waals surface area contributed by atoms with Gasteiger partial charge >= 0.3 is 5.97 Å². The number of hydrogen-bond donors (Lipinski definition) is 3. The molecule has 0 radical (unpaired) electrons. The van der Waals surface area contributed by atoms with E-state index in [4.69, 9.17) is 10.8 Å². The van der Waals surface area contributed by atoms with Crippen LogP contribution in [0, 0.1) is 5.41 Å². The third-order valence-corrected chi connectivity index (χ3v) is 3.92. The Labute approximate surface area is 118 Å². The van der Waals surface area contributed by atoms with Crippen molar-refractivity contribution in [2.45, 2.75) is 32.1 Å². The fraction of sp³-hybridized carbons (Fsp3) is 0.467. The second-order valence-corrected chi connectivity index (χ2v) is 6.08. The topological polar surface area (TPSA) is 92.4 Å². The quantitative estimate of drug-likeness (QED) is 0.711. The van der Waals surface area contributed by atoms with Crippen molar-refractivity contribution in [3.8, 4) is 0 Å². The Bertz CT molecular complexity index is 531. The smallest absolute Gasteiger partial charge is 0.310 e. The lowest BCUT2D eigenvalue weighted by Crippen LogP contribution is -2.43. The lowest BCUT2D eigenvalue weighted by molar-refractivity contribution is -0.146. The maximum Gasteiger partial charge on any atom is 0.310 e. The van der Waals surface area contributed by atoms with Crippen LogP contribution in [0.2, 0.25) is 0 Å². The van der Waals surface area contributed by atoms with Gasteiger partial charge in [0, 0.05) is 12.2 Å². The first-order valence-electron chi connectivity index (χ1n) is 6.66. The van der Waals surface area contributed by atoms with Crippen LogP contribution >= 0.6 is 0 Å². The molecule has 20 heavy (non-hydrogen) atoms. The van der Waals surface area contributed by atoms with E-state index >= 15 is 0 Å². The number of carboxylic acids is 1.